The molecule has 1 unspecified atom stereocenters. The molecule has 0 heterocycles. The van der Waals surface area contributed by atoms with E-state index in [-0.39, 0.29) is 31.1 Å². The number of ether oxygens (including phenoxy) is 3. The number of hydrogen-bond acceptors (Lipinski definition) is 6. The molecule has 6 heteroatoms. The minimum atomic E-state index is -0.776. The molecule has 0 radical (unpaired) electrons. The van der Waals surface area contributed by atoms with Gasteiger partial charge in [-0.25, -0.2) is 0 Å². The van der Waals surface area contributed by atoms with Crippen LogP contribution in [0, 0.1) is 0 Å². The minimum Gasteiger partial charge on any atom is -0.462 e. The molecular formula is C69H130O6. The lowest BCUT2D eigenvalue weighted by Gasteiger charge is -2.18. The molecule has 0 saturated carbocycles. The Morgan fingerprint density at radius 1 is 0.253 bits per heavy atom. The molecule has 0 aromatic heterocycles. The SMILES string of the molecule is CCCCC/C=C\CCCCCCCC(=O)OCC(COC(=O)CCCCCCCCCCCCCCCCCCCCCCCCCCCCCCCC)OC(=O)CCCCCCC/C=C\CCCCCCCC. The van der Waals surface area contributed by atoms with Crippen LogP contribution in [0.15, 0.2) is 24.3 Å². The zero-order valence-corrected chi connectivity index (χ0v) is 50.8. The maximum absolute atomic E-state index is 12.9. The quantitative estimate of drug-likeness (QED) is 0.0261. The molecule has 0 aliphatic rings. The zero-order chi connectivity index (χ0) is 54.3. The number of esters is 3. The Morgan fingerprint density at radius 3 is 0.693 bits per heavy atom. The summed E-state index contributed by atoms with van der Waals surface area (Å²) in [5, 5.41) is 0. The van der Waals surface area contributed by atoms with Crippen molar-refractivity contribution in [3.05, 3.63) is 24.3 Å². The van der Waals surface area contributed by atoms with E-state index < -0.39 is 6.10 Å². The summed E-state index contributed by atoms with van der Waals surface area (Å²) in [6.07, 6.45) is 77.9. The highest BCUT2D eigenvalue weighted by molar-refractivity contribution is 5.71. The van der Waals surface area contributed by atoms with Gasteiger partial charge in [-0.1, -0.05) is 315 Å². The first kappa shape index (κ1) is 72.9. The van der Waals surface area contributed by atoms with Crippen LogP contribution < -0.4 is 0 Å². The minimum absolute atomic E-state index is 0.0726. The molecule has 0 N–H and O–H groups in total. The van der Waals surface area contributed by atoms with Crippen molar-refractivity contribution in [3.8, 4) is 0 Å². The molecule has 0 aliphatic heterocycles. The summed E-state index contributed by atoms with van der Waals surface area (Å²) in [7, 11) is 0. The van der Waals surface area contributed by atoms with Gasteiger partial charge in [-0.2, -0.15) is 0 Å². The van der Waals surface area contributed by atoms with E-state index in [1.165, 1.54) is 270 Å². The average Bonchev–Trinajstić information content (AvgIpc) is 3.41. The molecule has 0 saturated heterocycles. The first-order chi connectivity index (χ1) is 37.0. The number of rotatable bonds is 63. The van der Waals surface area contributed by atoms with Crippen LogP contribution in [0.3, 0.4) is 0 Å². The van der Waals surface area contributed by atoms with Crippen LogP contribution in [0.2, 0.25) is 0 Å². The van der Waals surface area contributed by atoms with E-state index in [9.17, 15) is 14.4 Å². The Labute approximate surface area is 468 Å². The maximum atomic E-state index is 12.9. The smallest absolute Gasteiger partial charge is 0.306 e. The van der Waals surface area contributed by atoms with Crippen molar-refractivity contribution >= 4 is 17.9 Å². The van der Waals surface area contributed by atoms with Crippen LogP contribution in [0.1, 0.15) is 380 Å². The molecule has 0 spiro atoms. The Hall–Kier alpha value is -2.11. The van der Waals surface area contributed by atoms with Crippen molar-refractivity contribution in [3.63, 3.8) is 0 Å². The van der Waals surface area contributed by atoms with Crippen molar-refractivity contribution in [1.29, 1.82) is 0 Å². The highest BCUT2D eigenvalue weighted by Crippen LogP contribution is 2.18. The first-order valence-electron chi connectivity index (χ1n) is 33.8. The molecule has 0 fully saturated rings. The largest absolute Gasteiger partial charge is 0.462 e. The van der Waals surface area contributed by atoms with Crippen molar-refractivity contribution < 1.29 is 28.6 Å². The number of hydrogen-bond donors (Lipinski definition) is 0. The summed E-state index contributed by atoms with van der Waals surface area (Å²) in [6, 6.07) is 0. The zero-order valence-electron chi connectivity index (χ0n) is 50.8. The lowest BCUT2D eigenvalue weighted by Crippen LogP contribution is -2.30. The number of allylic oxidation sites excluding steroid dienone is 4. The Kier molecular flexibility index (Phi) is 62.6. The lowest BCUT2D eigenvalue weighted by atomic mass is 10.0. The van der Waals surface area contributed by atoms with Gasteiger partial charge in [0.05, 0.1) is 0 Å². The number of carbonyl (C=O) groups is 3. The summed E-state index contributed by atoms with van der Waals surface area (Å²) in [5.41, 5.74) is 0. The van der Waals surface area contributed by atoms with Gasteiger partial charge in [0.1, 0.15) is 13.2 Å². The third-order valence-electron chi connectivity index (χ3n) is 15.4. The highest BCUT2D eigenvalue weighted by Gasteiger charge is 2.19. The number of carbonyl (C=O) groups excluding carboxylic acids is 3. The third-order valence-corrected chi connectivity index (χ3v) is 15.4. The van der Waals surface area contributed by atoms with Crippen molar-refractivity contribution in [1.82, 2.24) is 0 Å². The van der Waals surface area contributed by atoms with E-state index in [0.717, 1.165) is 70.6 Å². The van der Waals surface area contributed by atoms with Crippen LogP contribution in [0.25, 0.3) is 0 Å². The van der Waals surface area contributed by atoms with E-state index in [2.05, 4.69) is 45.1 Å². The summed E-state index contributed by atoms with van der Waals surface area (Å²) in [4.78, 5) is 38.2. The van der Waals surface area contributed by atoms with Crippen LogP contribution >= 0.6 is 0 Å². The second kappa shape index (κ2) is 64.4. The van der Waals surface area contributed by atoms with Crippen LogP contribution in [-0.2, 0) is 28.6 Å². The first-order valence-corrected chi connectivity index (χ1v) is 33.8. The lowest BCUT2D eigenvalue weighted by molar-refractivity contribution is -0.167. The van der Waals surface area contributed by atoms with Crippen molar-refractivity contribution in [2.24, 2.45) is 0 Å². The van der Waals surface area contributed by atoms with Gasteiger partial charge in [0, 0.05) is 19.3 Å². The molecular weight excluding hydrogens is 925 g/mol. The summed E-state index contributed by atoms with van der Waals surface area (Å²) >= 11 is 0. The fourth-order valence-corrected chi connectivity index (χ4v) is 10.3. The van der Waals surface area contributed by atoms with E-state index >= 15 is 0 Å². The summed E-state index contributed by atoms with van der Waals surface area (Å²) in [6.45, 7) is 6.66. The topological polar surface area (TPSA) is 78.9 Å². The van der Waals surface area contributed by atoms with Crippen molar-refractivity contribution in [2.45, 2.75) is 386 Å². The molecule has 0 rings (SSSR count). The maximum Gasteiger partial charge on any atom is 0.306 e. The molecule has 75 heavy (non-hydrogen) atoms. The van der Waals surface area contributed by atoms with Gasteiger partial charge < -0.3 is 14.2 Å². The summed E-state index contributed by atoms with van der Waals surface area (Å²) < 4.78 is 16.9. The molecule has 1 atom stereocenters. The van der Waals surface area contributed by atoms with Gasteiger partial charge in [-0.05, 0) is 70.6 Å². The second-order valence-corrected chi connectivity index (χ2v) is 23.1. The molecule has 442 valence electrons. The molecule has 0 bridgehead atoms. The molecule has 0 aromatic carbocycles. The van der Waals surface area contributed by atoms with Gasteiger partial charge in [0.15, 0.2) is 6.10 Å². The predicted octanol–water partition coefficient (Wildman–Crippen LogP) is 23.0. The van der Waals surface area contributed by atoms with Crippen molar-refractivity contribution in [2.75, 3.05) is 13.2 Å². The van der Waals surface area contributed by atoms with E-state index in [1.807, 2.05) is 0 Å². The van der Waals surface area contributed by atoms with Gasteiger partial charge >= 0.3 is 17.9 Å². The van der Waals surface area contributed by atoms with E-state index in [1.54, 1.807) is 0 Å². The van der Waals surface area contributed by atoms with E-state index in [0.29, 0.717) is 19.3 Å². The standard InChI is InChI=1S/C69H130O6/c1-4-7-10-13-16-19-22-25-27-28-29-30-31-32-33-34-35-36-37-38-39-40-41-43-44-47-50-53-56-59-62-68(71)74-65-66(64-73-67(70)61-58-55-52-49-46-24-21-18-15-12-9-6-3)75-69(72)63-60-57-54-51-48-45-42-26-23-20-17-14-11-8-5-2/h18,21,26,42,66H,4-17,19-20,22-25,27-41,43-65H2,1-3H3/b21-18-,42-26-. The Balaban J connectivity index is 4.10. The normalized spacial score (nSPS) is 12.1. The monoisotopic (exact) mass is 1050 g/mol. The fraction of sp³-hybridized carbons (Fsp3) is 0.899. The molecule has 6 nitrogen and oxygen atoms in total. The predicted molar refractivity (Wildman–Crippen MR) is 326 cm³/mol. The molecule has 0 amide bonds. The molecule has 0 aromatic rings. The van der Waals surface area contributed by atoms with Crippen LogP contribution in [0.5, 0.6) is 0 Å². The average molecular weight is 1060 g/mol. The second-order valence-electron chi connectivity index (χ2n) is 23.1. The Morgan fingerprint density at radius 2 is 0.440 bits per heavy atom. The third kappa shape index (κ3) is 62.6. The fourth-order valence-electron chi connectivity index (χ4n) is 10.3. The summed E-state index contributed by atoms with van der Waals surface area (Å²) in [5.74, 6) is -0.866. The van der Waals surface area contributed by atoms with Crippen LogP contribution in [0.4, 0.5) is 0 Å². The van der Waals surface area contributed by atoms with Crippen LogP contribution in [-0.4, -0.2) is 37.2 Å². The molecule has 0 aliphatic carbocycles. The highest BCUT2D eigenvalue weighted by atomic mass is 16.6. The Bertz CT molecular complexity index is 1210. The number of unbranched alkanes of at least 4 members (excludes halogenated alkanes) is 48. The van der Waals surface area contributed by atoms with Gasteiger partial charge in [-0.15, -0.1) is 0 Å². The van der Waals surface area contributed by atoms with E-state index in [4.69, 9.17) is 14.2 Å². The van der Waals surface area contributed by atoms with Gasteiger partial charge in [-0.3, -0.25) is 14.4 Å². The van der Waals surface area contributed by atoms with Gasteiger partial charge in [0.2, 0.25) is 0 Å². The van der Waals surface area contributed by atoms with Gasteiger partial charge in [0.25, 0.3) is 0 Å².